The molecule has 1 aromatic carbocycles. The van der Waals surface area contributed by atoms with Crippen LogP contribution < -0.4 is 10.1 Å². The van der Waals surface area contributed by atoms with Gasteiger partial charge in [-0.05, 0) is 61.9 Å². The van der Waals surface area contributed by atoms with E-state index in [9.17, 15) is 4.79 Å². The van der Waals surface area contributed by atoms with Crippen molar-refractivity contribution in [2.75, 3.05) is 18.2 Å². The Morgan fingerprint density at radius 2 is 1.88 bits per heavy atom. The molecule has 0 fully saturated rings. The van der Waals surface area contributed by atoms with Gasteiger partial charge in [-0.3, -0.25) is 4.79 Å². The lowest BCUT2D eigenvalue weighted by atomic mass is 10.1. The van der Waals surface area contributed by atoms with Crippen molar-refractivity contribution in [3.05, 3.63) is 53.7 Å². The Hall–Kier alpha value is -2.60. The molecule has 25 heavy (non-hydrogen) atoms. The van der Waals surface area contributed by atoms with E-state index in [-0.39, 0.29) is 11.7 Å². The molecule has 3 rings (SSSR count). The van der Waals surface area contributed by atoms with E-state index in [0.29, 0.717) is 0 Å². The van der Waals surface area contributed by atoms with Crippen molar-refractivity contribution in [2.24, 2.45) is 0 Å². The van der Waals surface area contributed by atoms with Crippen LogP contribution in [-0.2, 0) is 4.79 Å². The van der Waals surface area contributed by atoms with Crippen LogP contribution in [0, 0.1) is 13.8 Å². The van der Waals surface area contributed by atoms with Gasteiger partial charge in [-0.25, -0.2) is 9.97 Å². The first-order chi connectivity index (χ1) is 12.0. The molecule has 0 aliphatic carbocycles. The van der Waals surface area contributed by atoms with Gasteiger partial charge in [-0.2, -0.15) is 0 Å². The van der Waals surface area contributed by atoms with Crippen molar-refractivity contribution in [1.82, 2.24) is 9.97 Å². The first-order valence-electron chi connectivity index (χ1n) is 7.87. The fourth-order valence-corrected chi connectivity index (χ4v) is 3.17. The summed E-state index contributed by atoms with van der Waals surface area (Å²) in [4.78, 5) is 21.1. The summed E-state index contributed by atoms with van der Waals surface area (Å²) in [6.45, 7) is 4.00. The number of carbonyl (C=O) groups is 1. The zero-order chi connectivity index (χ0) is 17.8. The largest absolute Gasteiger partial charge is 0.497 e. The molecule has 1 N–H and O–H groups in total. The Kier molecular flexibility index (Phi) is 5.19. The summed E-state index contributed by atoms with van der Waals surface area (Å²) in [6, 6.07) is 13.2. The molecule has 0 saturated heterocycles. The van der Waals surface area contributed by atoms with E-state index in [1.165, 1.54) is 11.8 Å². The molecule has 128 valence electrons. The van der Waals surface area contributed by atoms with Gasteiger partial charge in [0.25, 0.3) is 0 Å². The topological polar surface area (TPSA) is 64.1 Å². The molecule has 0 unspecified atom stereocenters. The van der Waals surface area contributed by atoms with Crippen LogP contribution in [0.3, 0.4) is 0 Å². The quantitative estimate of drug-likeness (QED) is 0.703. The predicted octanol–water partition coefficient (Wildman–Crippen LogP) is 3.99. The molecule has 0 saturated carbocycles. The minimum Gasteiger partial charge on any atom is -0.497 e. The van der Waals surface area contributed by atoms with E-state index in [1.807, 2.05) is 56.3 Å². The van der Waals surface area contributed by atoms with E-state index in [2.05, 4.69) is 15.3 Å². The first-order valence-corrected chi connectivity index (χ1v) is 8.85. The van der Waals surface area contributed by atoms with Gasteiger partial charge < -0.3 is 10.1 Å². The van der Waals surface area contributed by atoms with Gasteiger partial charge in [-0.1, -0.05) is 11.8 Å². The van der Waals surface area contributed by atoms with Crippen molar-refractivity contribution in [3.63, 3.8) is 0 Å². The van der Waals surface area contributed by atoms with E-state index >= 15 is 0 Å². The maximum atomic E-state index is 12.1. The Morgan fingerprint density at radius 3 is 2.60 bits per heavy atom. The Morgan fingerprint density at radius 1 is 1.12 bits per heavy atom. The smallest absolute Gasteiger partial charge is 0.234 e. The fraction of sp³-hybridized carbons (Fsp3) is 0.211. The van der Waals surface area contributed by atoms with E-state index in [4.69, 9.17) is 4.74 Å². The summed E-state index contributed by atoms with van der Waals surface area (Å²) < 4.78 is 5.10. The minimum absolute atomic E-state index is 0.0783. The Bertz CT molecular complexity index is 910. The van der Waals surface area contributed by atoms with E-state index in [1.54, 1.807) is 7.11 Å². The van der Waals surface area contributed by atoms with Crippen LogP contribution in [0.4, 0.5) is 5.69 Å². The van der Waals surface area contributed by atoms with E-state index < -0.39 is 0 Å². The number of rotatable bonds is 5. The van der Waals surface area contributed by atoms with Crippen LogP contribution in [0.25, 0.3) is 11.0 Å². The van der Waals surface area contributed by atoms with Crippen LogP contribution in [0.5, 0.6) is 5.75 Å². The molecule has 0 bridgehead atoms. The van der Waals surface area contributed by atoms with Gasteiger partial charge in [0.05, 0.1) is 17.9 Å². The molecule has 0 atom stereocenters. The molecule has 0 spiro atoms. The number of ether oxygens (including phenoxy) is 1. The summed E-state index contributed by atoms with van der Waals surface area (Å²) in [6.07, 6.45) is 0. The number of carbonyl (C=O) groups excluding carboxylic acids is 1. The third-order valence-corrected chi connectivity index (χ3v) is 4.64. The second-order valence-electron chi connectivity index (χ2n) is 5.67. The molecular weight excluding hydrogens is 334 g/mol. The maximum Gasteiger partial charge on any atom is 0.234 e. The van der Waals surface area contributed by atoms with Crippen molar-refractivity contribution >= 4 is 34.4 Å². The number of amides is 1. The van der Waals surface area contributed by atoms with Gasteiger partial charge in [0, 0.05) is 16.8 Å². The number of fused-ring (bicyclic) bond motifs is 1. The standard InChI is InChI=1S/C19H19N3O2S/c1-12-10-13(2)20-19-16(12)8-9-18(22-19)25-11-17(23)21-14-4-6-15(24-3)7-5-14/h4-10H,11H2,1-3H3,(H,21,23). The molecule has 0 aliphatic heterocycles. The second kappa shape index (κ2) is 7.53. The normalized spacial score (nSPS) is 10.7. The summed E-state index contributed by atoms with van der Waals surface area (Å²) in [7, 11) is 1.61. The Balaban J connectivity index is 1.64. The number of methoxy groups -OCH3 is 1. The van der Waals surface area contributed by atoms with Crippen LogP contribution >= 0.6 is 11.8 Å². The lowest BCUT2D eigenvalue weighted by molar-refractivity contribution is -0.113. The highest BCUT2D eigenvalue weighted by Crippen LogP contribution is 2.22. The SMILES string of the molecule is COc1ccc(NC(=O)CSc2ccc3c(C)cc(C)nc3n2)cc1. The van der Waals surface area contributed by atoms with E-state index in [0.717, 1.165) is 38.8 Å². The number of anilines is 1. The molecular formula is C19H19N3O2S. The van der Waals surface area contributed by atoms with Crippen LogP contribution in [-0.4, -0.2) is 28.7 Å². The van der Waals surface area contributed by atoms with Crippen LogP contribution in [0.2, 0.25) is 0 Å². The van der Waals surface area contributed by atoms with Crippen molar-refractivity contribution in [3.8, 4) is 5.75 Å². The van der Waals surface area contributed by atoms with Crippen molar-refractivity contribution in [1.29, 1.82) is 0 Å². The number of aryl methyl sites for hydroxylation is 2. The summed E-state index contributed by atoms with van der Waals surface area (Å²) in [5.74, 6) is 0.964. The predicted molar refractivity (Wildman–Crippen MR) is 101 cm³/mol. The number of benzene rings is 1. The lowest BCUT2D eigenvalue weighted by Crippen LogP contribution is -2.14. The minimum atomic E-state index is -0.0783. The maximum absolute atomic E-state index is 12.1. The average molecular weight is 353 g/mol. The third-order valence-electron chi connectivity index (χ3n) is 3.71. The number of nitrogens with zero attached hydrogens (tertiary/aromatic N) is 2. The molecule has 1 amide bonds. The van der Waals surface area contributed by atoms with Crippen LogP contribution in [0.1, 0.15) is 11.3 Å². The van der Waals surface area contributed by atoms with Crippen molar-refractivity contribution in [2.45, 2.75) is 18.9 Å². The molecule has 2 aromatic heterocycles. The van der Waals surface area contributed by atoms with Gasteiger partial charge in [0.15, 0.2) is 5.65 Å². The fourth-order valence-electron chi connectivity index (χ4n) is 2.51. The lowest BCUT2D eigenvalue weighted by Gasteiger charge is -2.07. The highest BCUT2D eigenvalue weighted by molar-refractivity contribution is 7.99. The summed E-state index contributed by atoms with van der Waals surface area (Å²) in [5, 5.41) is 4.69. The highest BCUT2D eigenvalue weighted by atomic mass is 32.2. The highest BCUT2D eigenvalue weighted by Gasteiger charge is 2.07. The zero-order valence-corrected chi connectivity index (χ0v) is 15.2. The molecule has 6 heteroatoms. The first kappa shape index (κ1) is 17.2. The number of nitrogens with one attached hydrogen (secondary N) is 1. The number of hydrogen-bond acceptors (Lipinski definition) is 5. The molecule has 2 heterocycles. The Labute approximate surface area is 150 Å². The van der Waals surface area contributed by atoms with Gasteiger partial charge >= 0.3 is 0 Å². The summed E-state index contributed by atoms with van der Waals surface area (Å²) in [5.41, 5.74) is 3.56. The zero-order valence-electron chi connectivity index (χ0n) is 14.4. The molecule has 0 aliphatic rings. The van der Waals surface area contributed by atoms with Crippen LogP contribution in [0.15, 0.2) is 47.5 Å². The molecule has 0 radical (unpaired) electrons. The molecule has 3 aromatic rings. The second-order valence-corrected chi connectivity index (χ2v) is 6.66. The van der Waals surface area contributed by atoms with Gasteiger partial charge in [0.1, 0.15) is 5.75 Å². The number of thioether (sulfide) groups is 1. The summed E-state index contributed by atoms with van der Waals surface area (Å²) >= 11 is 1.39. The van der Waals surface area contributed by atoms with Gasteiger partial charge in [-0.15, -0.1) is 0 Å². The number of aromatic nitrogens is 2. The monoisotopic (exact) mass is 353 g/mol. The third kappa shape index (κ3) is 4.28. The average Bonchev–Trinajstić information content (AvgIpc) is 2.60. The number of hydrogen-bond donors (Lipinski definition) is 1. The van der Waals surface area contributed by atoms with Crippen molar-refractivity contribution < 1.29 is 9.53 Å². The molecule has 5 nitrogen and oxygen atoms in total. The number of pyridine rings is 2. The van der Waals surface area contributed by atoms with Gasteiger partial charge in [0.2, 0.25) is 5.91 Å².